The SMILES string of the molecule is Cc1cnc(Cn2c(=O)n(CCn3cccc3)c3c(Cl)nc(N)nc32)c(C)c1Br. The lowest BCUT2D eigenvalue weighted by Gasteiger charge is -2.09. The van der Waals surface area contributed by atoms with Gasteiger partial charge >= 0.3 is 5.69 Å². The van der Waals surface area contributed by atoms with Crippen molar-refractivity contribution in [3.05, 3.63) is 67.7 Å². The molecule has 4 aromatic heterocycles. The number of rotatable bonds is 5. The second-order valence-corrected chi connectivity index (χ2v) is 7.96. The van der Waals surface area contributed by atoms with Crippen LogP contribution in [0.1, 0.15) is 16.8 Å². The molecule has 0 radical (unpaired) electrons. The summed E-state index contributed by atoms with van der Waals surface area (Å²) in [5.41, 5.74) is 9.22. The monoisotopic (exact) mass is 475 g/mol. The topological polar surface area (TPSA) is 96.5 Å². The van der Waals surface area contributed by atoms with E-state index in [0.717, 1.165) is 21.3 Å². The first kappa shape index (κ1) is 19.7. The lowest BCUT2D eigenvalue weighted by molar-refractivity contribution is 0.564. The second-order valence-electron chi connectivity index (χ2n) is 6.81. The summed E-state index contributed by atoms with van der Waals surface area (Å²) in [6, 6.07) is 3.87. The number of fused-ring (bicyclic) bond motifs is 1. The molecule has 4 heterocycles. The van der Waals surface area contributed by atoms with E-state index in [2.05, 4.69) is 30.9 Å². The first-order valence-electron chi connectivity index (χ1n) is 9.00. The van der Waals surface area contributed by atoms with Crippen molar-refractivity contribution in [3.8, 4) is 0 Å². The van der Waals surface area contributed by atoms with Crippen molar-refractivity contribution in [2.24, 2.45) is 0 Å². The van der Waals surface area contributed by atoms with Gasteiger partial charge in [0.1, 0.15) is 5.52 Å². The maximum atomic E-state index is 13.3. The van der Waals surface area contributed by atoms with E-state index < -0.39 is 0 Å². The summed E-state index contributed by atoms with van der Waals surface area (Å²) in [6.45, 7) is 5.23. The Balaban J connectivity index is 1.84. The minimum atomic E-state index is -0.230. The van der Waals surface area contributed by atoms with Gasteiger partial charge in [-0.05, 0) is 37.1 Å². The fourth-order valence-corrected chi connectivity index (χ4v) is 3.93. The zero-order valence-corrected chi connectivity index (χ0v) is 18.3. The number of pyridine rings is 1. The molecule has 0 aliphatic heterocycles. The molecule has 0 aromatic carbocycles. The van der Waals surface area contributed by atoms with Crippen LogP contribution in [0.25, 0.3) is 11.2 Å². The molecule has 10 heteroatoms. The smallest absolute Gasteiger partial charge is 0.330 e. The van der Waals surface area contributed by atoms with Gasteiger partial charge in [0.15, 0.2) is 10.8 Å². The van der Waals surface area contributed by atoms with Crippen LogP contribution in [0.3, 0.4) is 0 Å². The molecule has 0 atom stereocenters. The summed E-state index contributed by atoms with van der Waals surface area (Å²) in [4.78, 5) is 26.1. The van der Waals surface area contributed by atoms with Gasteiger partial charge in [0.05, 0.1) is 12.2 Å². The maximum absolute atomic E-state index is 13.3. The highest BCUT2D eigenvalue weighted by Crippen LogP contribution is 2.25. The van der Waals surface area contributed by atoms with Crippen molar-refractivity contribution >= 4 is 44.6 Å². The zero-order chi connectivity index (χ0) is 20.7. The molecule has 29 heavy (non-hydrogen) atoms. The highest BCUT2D eigenvalue weighted by Gasteiger charge is 2.20. The van der Waals surface area contributed by atoms with Gasteiger partial charge in [0.25, 0.3) is 0 Å². The van der Waals surface area contributed by atoms with Crippen LogP contribution >= 0.6 is 27.5 Å². The molecular weight excluding hydrogens is 458 g/mol. The van der Waals surface area contributed by atoms with E-state index in [-0.39, 0.29) is 23.3 Å². The van der Waals surface area contributed by atoms with Crippen molar-refractivity contribution in [3.63, 3.8) is 0 Å². The number of halogens is 2. The average Bonchev–Trinajstić information content (AvgIpc) is 3.28. The van der Waals surface area contributed by atoms with E-state index in [1.807, 2.05) is 42.9 Å². The van der Waals surface area contributed by atoms with E-state index in [4.69, 9.17) is 17.3 Å². The van der Waals surface area contributed by atoms with Gasteiger partial charge in [0.2, 0.25) is 5.95 Å². The third-order valence-corrected chi connectivity index (χ3v) is 6.39. The van der Waals surface area contributed by atoms with Crippen molar-refractivity contribution in [1.29, 1.82) is 0 Å². The van der Waals surface area contributed by atoms with E-state index in [0.29, 0.717) is 24.3 Å². The summed E-state index contributed by atoms with van der Waals surface area (Å²) in [5, 5.41) is 0.158. The fraction of sp³-hybridized carbons (Fsp3) is 0.263. The van der Waals surface area contributed by atoms with Gasteiger partial charge in [-0.15, -0.1) is 0 Å². The van der Waals surface area contributed by atoms with Crippen LogP contribution in [0.4, 0.5) is 5.95 Å². The Bertz CT molecular complexity index is 1260. The molecule has 0 spiro atoms. The first-order chi connectivity index (χ1) is 13.9. The molecule has 4 aromatic rings. The van der Waals surface area contributed by atoms with Crippen LogP contribution < -0.4 is 11.4 Å². The first-order valence-corrected chi connectivity index (χ1v) is 10.2. The Kier molecular flexibility index (Phi) is 5.18. The summed E-state index contributed by atoms with van der Waals surface area (Å²) < 4.78 is 6.10. The van der Waals surface area contributed by atoms with Crippen LogP contribution in [0.15, 0.2) is 40.0 Å². The van der Waals surface area contributed by atoms with E-state index in [1.165, 1.54) is 0 Å². The number of aromatic nitrogens is 6. The number of anilines is 1. The quantitative estimate of drug-likeness (QED) is 0.446. The average molecular weight is 477 g/mol. The third-order valence-electron chi connectivity index (χ3n) is 4.91. The molecule has 4 rings (SSSR count). The lowest BCUT2D eigenvalue weighted by Crippen LogP contribution is -2.26. The zero-order valence-electron chi connectivity index (χ0n) is 15.9. The molecule has 0 saturated heterocycles. The van der Waals surface area contributed by atoms with E-state index >= 15 is 0 Å². The Morgan fingerprint density at radius 1 is 1.14 bits per heavy atom. The van der Waals surface area contributed by atoms with Gasteiger partial charge in [-0.2, -0.15) is 9.97 Å². The molecule has 0 aliphatic carbocycles. The van der Waals surface area contributed by atoms with Gasteiger partial charge < -0.3 is 10.3 Å². The Morgan fingerprint density at radius 2 is 1.86 bits per heavy atom. The molecule has 0 fully saturated rings. The van der Waals surface area contributed by atoms with E-state index in [1.54, 1.807) is 15.3 Å². The van der Waals surface area contributed by atoms with E-state index in [9.17, 15) is 4.79 Å². The number of hydrogen-bond donors (Lipinski definition) is 1. The van der Waals surface area contributed by atoms with Crippen LogP contribution in [0.5, 0.6) is 0 Å². The van der Waals surface area contributed by atoms with Crippen molar-refractivity contribution < 1.29 is 0 Å². The second kappa shape index (κ2) is 7.64. The van der Waals surface area contributed by atoms with Crippen LogP contribution in [0.2, 0.25) is 5.15 Å². The number of nitrogens with zero attached hydrogens (tertiary/aromatic N) is 6. The summed E-state index contributed by atoms with van der Waals surface area (Å²) >= 11 is 9.94. The predicted octanol–water partition coefficient (Wildman–Crippen LogP) is 3.15. The highest BCUT2D eigenvalue weighted by molar-refractivity contribution is 9.10. The minimum Gasteiger partial charge on any atom is -0.368 e. The van der Waals surface area contributed by atoms with Crippen molar-refractivity contribution in [1.82, 2.24) is 28.7 Å². The number of imidazole rings is 1. The van der Waals surface area contributed by atoms with Crippen LogP contribution in [0, 0.1) is 13.8 Å². The van der Waals surface area contributed by atoms with Crippen molar-refractivity contribution in [2.45, 2.75) is 33.5 Å². The standard InChI is InChI=1S/C19H19BrClN7O/c1-11-9-23-13(12(2)14(11)20)10-28-17-15(16(21)24-18(22)25-17)27(19(28)29)8-7-26-5-3-4-6-26/h3-6,9H,7-8,10H2,1-2H3,(H2,22,24,25). The predicted molar refractivity (Wildman–Crippen MR) is 116 cm³/mol. The molecule has 0 aliphatic rings. The largest absolute Gasteiger partial charge is 0.368 e. The lowest BCUT2D eigenvalue weighted by atomic mass is 10.1. The Labute approximate surface area is 180 Å². The highest BCUT2D eigenvalue weighted by atomic mass is 79.9. The minimum absolute atomic E-state index is 0.0218. The molecule has 2 N–H and O–H groups in total. The molecule has 150 valence electrons. The van der Waals surface area contributed by atoms with Crippen LogP contribution in [-0.2, 0) is 19.6 Å². The Morgan fingerprint density at radius 3 is 2.59 bits per heavy atom. The van der Waals surface area contributed by atoms with Crippen LogP contribution in [-0.4, -0.2) is 28.7 Å². The maximum Gasteiger partial charge on any atom is 0.330 e. The molecule has 0 unspecified atom stereocenters. The molecular formula is C19H19BrClN7O. The summed E-state index contributed by atoms with van der Waals surface area (Å²) in [7, 11) is 0. The number of nitrogens with two attached hydrogens (primary N) is 1. The number of hydrogen-bond acceptors (Lipinski definition) is 5. The number of aryl methyl sites for hydroxylation is 3. The van der Waals surface area contributed by atoms with Gasteiger partial charge in [-0.3, -0.25) is 14.1 Å². The summed E-state index contributed by atoms with van der Waals surface area (Å²) in [6.07, 6.45) is 5.66. The fourth-order valence-electron chi connectivity index (χ4n) is 3.33. The normalized spacial score (nSPS) is 11.4. The third kappa shape index (κ3) is 3.56. The van der Waals surface area contributed by atoms with Gasteiger partial charge in [-0.1, -0.05) is 27.5 Å². The molecule has 0 saturated carbocycles. The molecule has 0 amide bonds. The Hall–Kier alpha value is -2.65. The van der Waals surface area contributed by atoms with Crippen molar-refractivity contribution in [2.75, 3.05) is 5.73 Å². The van der Waals surface area contributed by atoms with Gasteiger partial charge in [0, 0.05) is 36.2 Å². The van der Waals surface area contributed by atoms with Gasteiger partial charge in [-0.25, -0.2) is 4.79 Å². The number of nitrogen functional groups attached to an aromatic ring is 1. The molecule has 0 bridgehead atoms. The summed E-state index contributed by atoms with van der Waals surface area (Å²) in [5.74, 6) is 0.0218. The molecule has 8 nitrogen and oxygen atoms in total.